The Hall–Kier alpha value is -0.620. The van der Waals surface area contributed by atoms with E-state index in [1.165, 1.54) is 24.3 Å². The molecule has 16 heavy (non-hydrogen) atoms. The Morgan fingerprint density at radius 3 is 2.38 bits per heavy atom. The largest absolute Gasteiger partial charge is 0.379 e. The fourth-order valence-corrected chi connectivity index (χ4v) is 2.04. The lowest BCUT2D eigenvalue weighted by Crippen LogP contribution is -2.11. The van der Waals surface area contributed by atoms with Gasteiger partial charge in [0.05, 0.1) is 18.1 Å². The minimum Gasteiger partial charge on any atom is -0.379 e. The van der Waals surface area contributed by atoms with Crippen LogP contribution in [0.3, 0.4) is 0 Å². The Bertz CT molecular complexity index is 413. The highest BCUT2D eigenvalue weighted by atomic mass is 35.5. The van der Waals surface area contributed by atoms with Crippen LogP contribution in [0.15, 0.2) is 29.2 Å². The summed E-state index contributed by atoms with van der Waals surface area (Å²) in [5.41, 5.74) is 0. The Labute approximate surface area is 100 Å². The maximum Gasteiger partial charge on any atom is 0.297 e. The summed E-state index contributed by atoms with van der Waals surface area (Å²) in [6.45, 7) is 2.63. The first-order valence-electron chi connectivity index (χ1n) is 4.79. The summed E-state index contributed by atoms with van der Waals surface area (Å²) < 4.78 is 32.9. The van der Waals surface area contributed by atoms with E-state index in [4.69, 9.17) is 20.5 Å². The van der Waals surface area contributed by atoms with E-state index >= 15 is 0 Å². The van der Waals surface area contributed by atoms with Crippen molar-refractivity contribution in [1.29, 1.82) is 0 Å². The first kappa shape index (κ1) is 13.4. The van der Waals surface area contributed by atoms with Crippen molar-refractivity contribution in [3.8, 4) is 0 Å². The molecular formula is C10H13ClO4S. The summed E-state index contributed by atoms with van der Waals surface area (Å²) in [5.74, 6) is 0. The number of benzene rings is 1. The molecule has 0 aliphatic carbocycles. The van der Waals surface area contributed by atoms with Gasteiger partial charge in [-0.25, -0.2) is 0 Å². The zero-order chi connectivity index (χ0) is 12.0. The normalized spacial score (nSPS) is 11.6. The lowest BCUT2D eigenvalue weighted by molar-refractivity contribution is 0.112. The highest BCUT2D eigenvalue weighted by molar-refractivity contribution is 7.86. The van der Waals surface area contributed by atoms with E-state index in [0.717, 1.165) is 0 Å². The summed E-state index contributed by atoms with van der Waals surface area (Å²) in [5, 5.41) is 0.480. The van der Waals surface area contributed by atoms with Gasteiger partial charge in [-0.2, -0.15) is 8.42 Å². The van der Waals surface area contributed by atoms with Crippen LogP contribution in [-0.2, 0) is 19.0 Å². The van der Waals surface area contributed by atoms with Gasteiger partial charge >= 0.3 is 0 Å². The van der Waals surface area contributed by atoms with Crippen LogP contribution in [0.4, 0.5) is 0 Å². The van der Waals surface area contributed by atoms with Crippen LogP contribution in [0.2, 0.25) is 5.02 Å². The smallest absolute Gasteiger partial charge is 0.297 e. The lowest BCUT2D eigenvalue weighted by Gasteiger charge is -2.05. The highest BCUT2D eigenvalue weighted by Crippen LogP contribution is 2.15. The van der Waals surface area contributed by atoms with Gasteiger partial charge in [-0.1, -0.05) is 11.6 Å². The molecule has 1 aromatic carbocycles. The number of ether oxygens (including phenoxy) is 1. The first-order chi connectivity index (χ1) is 7.56. The van der Waals surface area contributed by atoms with Crippen LogP contribution in [0.5, 0.6) is 0 Å². The van der Waals surface area contributed by atoms with E-state index in [2.05, 4.69) is 0 Å². The predicted octanol–water partition coefficient (Wildman–Crippen LogP) is 2.08. The molecule has 0 fully saturated rings. The molecule has 0 amide bonds. The molecule has 0 bridgehead atoms. The van der Waals surface area contributed by atoms with E-state index in [-0.39, 0.29) is 18.1 Å². The van der Waals surface area contributed by atoms with Crippen molar-refractivity contribution < 1.29 is 17.3 Å². The van der Waals surface area contributed by atoms with Gasteiger partial charge in [0, 0.05) is 11.6 Å². The Morgan fingerprint density at radius 1 is 1.19 bits per heavy atom. The van der Waals surface area contributed by atoms with Gasteiger partial charge < -0.3 is 4.74 Å². The molecule has 0 N–H and O–H groups in total. The Morgan fingerprint density at radius 2 is 1.81 bits per heavy atom. The first-order valence-corrected chi connectivity index (χ1v) is 6.57. The molecule has 1 rings (SSSR count). The molecule has 0 spiro atoms. The minimum atomic E-state index is -3.70. The molecule has 1 aromatic rings. The van der Waals surface area contributed by atoms with Gasteiger partial charge in [0.1, 0.15) is 0 Å². The molecule has 6 heteroatoms. The van der Waals surface area contributed by atoms with Gasteiger partial charge in [-0.3, -0.25) is 4.18 Å². The third-order valence-electron chi connectivity index (χ3n) is 1.77. The van der Waals surface area contributed by atoms with Gasteiger partial charge in [-0.05, 0) is 31.2 Å². The van der Waals surface area contributed by atoms with Crippen molar-refractivity contribution in [3.05, 3.63) is 29.3 Å². The van der Waals surface area contributed by atoms with Crippen LogP contribution in [0, 0.1) is 0 Å². The van der Waals surface area contributed by atoms with Crippen molar-refractivity contribution in [2.45, 2.75) is 11.8 Å². The Kier molecular flexibility index (Phi) is 5.21. The van der Waals surface area contributed by atoms with Crippen LogP contribution in [0.1, 0.15) is 6.92 Å². The maximum atomic E-state index is 11.6. The quantitative estimate of drug-likeness (QED) is 0.583. The van der Waals surface area contributed by atoms with Gasteiger partial charge in [0.2, 0.25) is 0 Å². The van der Waals surface area contributed by atoms with E-state index in [1.54, 1.807) is 0 Å². The average molecular weight is 265 g/mol. The molecule has 0 unspecified atom stereocenters. The number of rotatable bonds is 6. The zero-order valence-electron chi connectivity index (χ0n) is 8.85. The summed E-state index contributed by atoms with van der Waals surface area (Å²) >= 11 is 5.65. The van der Waals surface area contributed by atoms with Crippen LogP contribution >= 0.6 is 11.6 Å². The second kappa shape index (κ2) is 6.20. The molecule has 0 saturated carbocycles. The van der Waals surface area contributed by atoms with E-state index in [9.17, 15) is 8.42 Å². The van der Waals surface area contributed by atoms with Crippen LogP contribution < -0.4 is 0 Å². The lowest BCUT2D eigenvalue weighted by atomic mass is 10.4. The summed E-state index contributed by atoms with van der Waals surface area (Å²) in [6.07, 6.45) is 0. The fraction of sp³-hybridized carbons (Fsp3) is 0.400. The van der Waals surface area contributed by atoms with Crippen molar-refractivity contribution in [3.63, 3.8) is 0 Å². The van der Waals surface area contributed by atoms with Crippen LogP contribution in [-0.4, -0.2) is 28.2 Å². The van der Waals surface area contributed by atoms with Crippen molar-refractivity contribution >= 4 is 21.7 Å². The summed E-state index contributed by atoms with van der Waals surface area (Å²) in [4.78, 5) is 0.0911. The number of halogens is 1. The molecular weight excluding hydrogens is 252 g/mol. The highest BCUT2D eigenvalue weighted by Gasteiger charge is 2.14. The molecule has 0 saturated heterocycles. The van der Waals surface area contributed by atoms with E-state index in [1.807, 2.05) is 6.92 Å². The topological polar surface area (TPSA) is 52.6 Å². The van der Waals surface area contributed by atoms with Crippen molar-refractivity contribution in [1.82, 2.24) is 0 Å². The van der Waals surface area contributed by atoms with Crippen molar-refractivity contribution in [2.24, 2.45) is 0 Å². The summed E-state index contributed by atoms with van der Waals surface area (Å²) in [6, 6.07) is 5.80. The molecule has 0 aliphatic rings. The summed E-state index contributed by atoms with van der Waals surface area (Å²) in [7, 11) is -3.70. The van der Waals surface area contributed by atoms with Crippen molar-refractivity contribution in [2.75, 3.05) is 19.8 Å². The SMILES string of the molecule is CCOCCOS(=O)(=O)c1ccc(Cl)cc1. The fourth-order valence-electron chi connectivity index (χ4n) is 1.02. The second-order valence-corrected chi connectivity index (χ2v) is 4.98. The third kappa shape index (κ3) is 4.09. The Balaban J connectivity index is 2.60. The minimum absolute atomic E-state index is 0.0127. The standard InChI is InChI=1S/C10H13ClO4S/c1-2-14-7-8-15-16(12,13)10-5-3-9(11)4-6-10/h3-6H,2,7-8H2,1H3. The molecule has 4 nitrogen and oxygen atoms in total. The van der Waals surface area contributed by atoms with Gasteiger partial charge in [0.25, 0.3) is 10.1 Å². The molecule has 0 radical (unpaired) electrons. The molecule has 0 heterocycles. The molecule has 0 aliphatic heterocycles. The third-order valence-corrected chi connectivity index (χ3v) is 3.35. The molecule has 0 atom stereocenters. The predicted molar refractivity (Wildman–Crippen MR) is 61.1 cm³/mol. The zero-order valence-corrected chi connectivity index (χ0v) is 10.4. The average Bonchev–Trinajstić information content (AvgIpc) is 2.25. The number of hydrogen-bond acceptors (Lipinski definition) is 4. The number of hydrogen-bond donors (Lipinski definition) is 0. The van der Waals surface area contributed by atoms with Crippen LogP contribution in [0.25, 0.3) is 0 Å². The molecule has 0 aromatic heterocycles. The van der Waals surface area contributed by atoms with Gasteiger partial charge in [0.15, 0.2) is 0 Å². The van der Waals surface area contributed by atoms with E-state index < -0.39 is 10.1 Å². The maximum absolute atomic E-state index is 11.6. The monoisotopic (exact) mass is 264 g/mol. The van der Waals surface area contributed by atoms with E-state index in [0.29, 0.717) is 11.6 Å². The second-order valence-electron chi connectivity index (χ2n) is 2.93. The van der Waals surface area contributed by atoms with Gasteiger partial charge in [-0.15, -0.1) is 0 Å². The molecule has 90 valence electrons.